The van der Waals surface area contributed by atoms with Gasteiger partial charge in [0, 0.05) is 15.4 Å². The molecule has 0 saturated carbocycles. The number of aryl methyl sites for hydroxylation is 1. The van der Waals surface area contributed by atoms with Crippen molar-refractivity contribution in [1.82, 2.24) is 4.57 Å². The number of halogens is 2. The van der Waals surface area contributed by atoms with Crippen molar-refractivity contribution in [2.45, 2.75) is 11.8 Å². The normalized spacial score (nSPS) is 11.7. The van der Waals surface area contributed by atoms with Crippen LogP contribution in [0.1, 0.15) is 5.56 Å². The van der Waals surface area contributed by atoms with Gasteiger partial charge >= 0.3 is 4.87 Å². The summed E-state index contributed by atoms with van der Waals surface area (Å²) in [5.41, 5.74) is 2.47. The number of sulfonamides is 1. The predicted octanol–water partition coefficient (Wildman–Crippen LogP) is 3.42. The number of thiazole rings is 1. The molecule has 3 rings (SSSR count). The van der Waals surface area contributed by atoms with E-state index in [0.717, 1.165) is 33.5 Å². The highest BCUT2D eigenvalue weighted by atomic mass is 79.9. The van der Waals surface area contributed by atoms with Crippen LogP contribution in [0.5, 0.6) is 0 Å². The van der Waals surface area contributed by atoms with Crippen molar-refractivity contribution in [3.63, 3.8) is 0 Å². The van der Waals surface area contributed by atoms with Gasteiger partial charge in [0.05, 0.1) is 11.4 Å². The van der Waals surface area contributed by atoms with E-state index < -0.39 is 20.7 Å². The van der Waals surface area contributed by atoms with Crippen LogP contribution in [0, 0.1) is 12.7 Å². The second-order valence-corrected chi connectivity index (χ2v) is 8.55. The third-order valence-corrected chi connectivity index (χ3v) is 6.17. The number of hydrogen-bond donors (Lipinski definition) is 1. The van der Waals surface area contributed by atoms with Crippen LogP contribution in [0.15, 0.2) is 55.9 Å². The van der Waals surface area contributed by atoms with Gasteiger partial charge in [0.2, 0.25) is 10.0 Å². The van der Waals surface area contributed by atoms with Gasteiger partial charge in [-0.1, -0.05) is 39.4 Å². The summed E-state index contributed by atoms with van der Waals surface area (Å²) in [6.45, 7) is 1.92. The highest BCUT2D eigenvalue weighted by molar-refractivity contribution is 9.10. The first kappa shape index (κ1) is 18.0. The molecule has 0 aliphatic heterocycles. The van der Waals surface area contributed by atoms with Crippen molar-refractivity contribution in [1.29, 1.82) is 0 Å². The van der Waals surface area contributed by atoms with Crippen LogP contribution in [0.4, 0.5) is 4.39 Å². The van der Waals surface area contributed by atoms with Gasteiger partial charge in [0.25, 0.3) is 0 Å². The van der Waals surface area contributed by atoms with Gasteiger partial charge in [0.1, 0.15) is 10.7 Å². The zero-order valence-electron chi connectivity index (χ0n) is 12.9. The van der Waals surface area contributed by atoms with Crippen LogP contribution in [-0.2, 0) is 10.0 Å². The molecule has 2 aromatic carbocycles. The summed E-state index contributed by atoms with van der Waals surface area (Å²) in [5, 5.41) is 6.57. The number of benzene rings is 2. The molecule has 3 aromatic rings. The van der Waals surface area contributed by atoms with Crippen LogP contribution in [0.3, 0.4) is 0 Å². The molecule has 0 fully saturated rings. The summed E-state index contributed by atoms with van der Waals surface area (Å²) in [6, 6.07) is 9.01. The SMILES string of the molecule is Cc1ccc(-n2c(-c3ccc(S(N)(=O)=O)c(F)c3)csc2=O)cc1Br. The van der Waals surface area contributed by atoms with E-state index in [-0.39, 0.29) is 4.87 Å². The lowest BCUT2D eigenvalue weighted by atomic mass is 10.1. The number of aromatic nitrogens is 1. The van der Waals surface area contributed by atoms with Crippen molar-refractivity contribution in [3.05, 3.63) is 67.3 Å². The average molecular weight is 443 g/mol. The third kappa shape index (κ3) is 3.45. The summed E-state index contributed by atoms with van der Waals surface area (Å²) in [7, 11) is -4.15. The molecule has 0 aliphatic carbocycles. The molecule has 0 aliphatic rings. The molecule has 130 valence electrons. The molecule has 0 saturated heterocycles. The third-order valence-electron chi connectivity index (χ3n) is 3.64. The molecule has 0 amide bonds. The van der Waals surface area contributed by atoms with Gasteiger partial charge in [-0.05, 0) is 36.8 Å². The predicted molar refractivity (Wildman–Crippen MR) is 99.1 cm³/mol. The van der Waals surface area contributed by atoms with Crippen LogP contribution >= 0.6 is 27.3 Å². The van der Waals surface area contributed by atoms with E-state index in [0.29, 0.717) is 16.9 Å². The van der Waals surface area contributed by atoms with Gasteiger partial charge in [-0.15, -0.1) is 0 Å². The second kappa shape index (κ2) is 6.49. The minimum Gasteiger partial charge on any atom is -0.267 e. The Morgan fingerprint density at radius 2 is 1.92 bits per heavy atom. The lowest BCUT2D eigenvalue weighted by Gasteiger charge is -2.10. The smallest absolute Gasteiger partial charge is 0.267 e. The monoisotopic (exact) mass is 442 g/mol. The molecule has 0 radical (unpaired) electrons. The summed E-state index contributed by atoms with van der Waals surface area (Å²) in [6.07, 6.45) is 0. The van der Waals surface area contributed by atoms with Gasteiger partial charge in [-0.25, -0.2) is 17.9 Å². The van der Waals surface area contributed by atoms with Crippen LogP contribution in [0.2, 0.25) is 0 Å². The maximum absolute atomic E-state index is 14.1. The first-order valence-corrected chi connectivity index (χ1v) is 10.2. The summed E-state index contributed by atoms with van der Waals surface area (Å²) < 4.78 is 39.1. The maximum Gasteiger partial charge on any atom is 0.312 e. The average Bonchev–Trinajstić information content (AvgIpc) is 2.90. The number of hydrogen-bond acceptors (Lipinski definition) is 4. The van der Waals surface area contributed by atoms with Crippen LogP contribution in [0.25, 0.3) is 16.9 Å². The van der Waals surface area contributed by atoms with Crippen molar-refractivity contribution in [3.8, 4) is 16.9 Å². The van der Waals surface area contributed by atoms with Crippen molar-refractivity contribution >= 4 is 37.3 Å². The fraction of sp³-hybridized carbons (Fsp3) is 0.0625. The minimum atomic E-state index is -4.15. The molecular formula is C16H12BrFN2O3S2. The van der Waals surface area contributed by atoms with E-state index in [1.165, 1.54) is 10.6 Å². The van der Waals surface area contributed by atoms with Crippen LogP contribution < -0.4 is 10.0 Å². The lowest BCUT2D eigenvalue weighted by Crippen LogP contribution is -2.14. The summed E-state index contributed by atoms with van der Waals surface area (Å²) >= 11 is 4.40. The topological polar surface area (TPSA) is 82.2 Å². The number of rotatable bonds is 3. The van der Waals surface area contributed by atoms with E-state index in [1.807, 2.05) is 13.0 Å². The maximum atomic E-state index is 14.1. The largest absolute Gasteiger partial charge is 0.312 e. The van der Waals surface area contributed by atoms with E-state index in [9.17, 15) is 17.6 Å². The Kier molecular flexibility index (Phi) is 4.67. The molecule has 0 spiro atoms. The van der Waals surface area contributed by atoms with Crippen molar-refractivity contribution in [2.75, 3.05) is 0 Å². The fourth-order valence-electron chi connectivity index (χ4n) is 2.36. The fourth-order valence-corrected chi connectivity index (χ4v) is 4.08. The molecule has 1 aromatic heterocycles. The second-order valence-electron chi connectivity index (χ2n) is 5.35. The molecule has 1 heterocycles. The van der Waals surface area contributed by atoms with Crippen molar-refractivity contribution in [2.24, 2.45) is 5.14 Å². The molecule has 2 N–H and O–H groups in total. The number of nitrogens with two attached hydrogens (primary N) is 1. The zero-order chi connectivity index (χ0) is 18.4. The molecule has 25 heavy (non-hydrogen) atoms. The molecular weight excluding hydrogens is 431 g/mol. The Labute approximate surface area is 155 Å². The van der Waals surface area contributed by atoms with E-state index in [2.05, 4.69) is 15.9 Å². The van der Waals surface area contributed by atoms with E-state index >= 15 is 0 Å². The number of nitrogens with zero attached hydrogens (tertiary/aromatic N) is 1. The lowest BCUT2D eigenvalue weighted by molar-refractivity contribution is 0.568. The van der Waals surface area contributed by atoms with Crippen LogP contribution in [-0.4, -0.2) is 13.0 Å². The van der Waals surface area contributed by atoms with E-state index in [4.69, 9.17) is 5.14 Å². The molecule has 0 atom stereocenters. The van der Waals surface area contributed by atoms with Gasteiger partial charge in [0.15, 0.2) is 0 Å². The highest BCUT2D eigenvalue weighted by Gasteiger charge is 2.17. The highest BCUT2D eigenvalue weighted by Crippen LogP contribution is 2.28. The molecule has 0 unspecified atom stereocenters. The first-order chi connectivity index (χ1) is 11.7. The summed E-state index contributed by atoms with van der Waals surface area (Å²) in [5.74, 6) is -0.963. The first-order valence-electron chi connectivity index (χ1n) is 6.98. The number of primary sulfonamides is 1. The Morgan fingerprint density at radius 3 is 2.52 bits per heavy atom. The molecule has 9 heteroatoms. The standard InChI is InChI=1S/C16H12BrFN2O3S2/c1-9-2-4-11(7-12(9)17)20-14(8-24-16(20)21)10-3-5-15(13(18)6-10)25(19,22)23/h2-8H,1H3,(H2,19,22,23). The Balaban J connectivity index is 2.19. The van der Waals surface area contributed by atoms with Gasteiger partial charge in [-0.3, -0.25) is 9.36 Å². The Hall–Kier alpha value is -1.81. The molecule has 5 nitrogen and oxygen atoms in total. The molecule has 0 bridgehead atoms. The quantitative estimate of drug-likeness (QED) is 0.674. The van der Waals surface area contributed by atoms with Crippen molar-refractivity contribution < 1.29 is 12.8 Å². The zero-order valence-corrected chi connectivity index (χ0v) is 16.1. The van der Waals surface area contributed by atoms with Gasteiger partial charge < -0.3 is 0 Å². The Morgan fingerprint density at radius 1 is 1.20 bits per heavy atom. The Bertz CT molecular complexity index is 1140. The minimum absolute atomic E-state index is 0.235. The van der Waals surface area contributed by atoms with Gasteiger partial charge in [-0.2, -0.15) is 0 Å². The van der Waals surface area contributed by atoms with E-state index in [1.54, 1.807) is 17.5 Å². The summed E-state index contributed by atoms with van der Waals surface area (Å²) in [4.78, 5) is 11.5.